The SMILES string of the molecule is COC1CC(NS(=O)(=O)N2CCC(CNC3CC3)CC2)C1. The minimum Gasteiger partial charge on any atom is -0.381 e. The van der Waals surface area contributed by atoms with Crippen molar-refractivity contribution < 1.29 is 13.2 Å². The normalized spacial score (nSPS) is 32.0. The predicted octanol–water partition coefficient (Wildman–Crippen LogP) is 0.462. The summed E-state index contributed by atoms with van der Waals surface area (Å²) in [4.78, 5) is 0. The number of piperidine rings is 1. The number of hydrogen-bond acceptors (Lipinski definition) is 4. The Balaban J connectivity index is 1.40. The summed E-state index contributed by atoms with van der Waals surface area (Å²) < 4.78 is 34.3. The molecule has 2 N–H and O–H groups in total. The Hall–Kier alpha value is -0.210. The van der Waals surface area contributed by atoms with Gasteiger partial charge in [-0.25, -0.2) is 0 Å². The molecule has 2 saturated carbocycles. The Morgan fingerprint density at radius 3 is 2.33 bits per heavy atom. The van der Waals surface area contributed by atoms with Gasteiger partial charge >= 0.3 is 0 Å². The van der Waals surface area contributed by atoms with Crippen LogP contribution in [0.15, 0.2) is 0 Å². The smallest absolute Gasteiger partial charge is 0.279 e. The van der Waals surface area contributed by atoms with Gasteiger partial charge in [-0.3, -0.25) is 0 Å². The minimum absolute atomic E-state index is 0.0502. The molecule has 0 aromatic heterocycles. The summed E-state index contributed by atoms with van der Waals surface area (Å²) >= 11 is 0. The second kappa shape index (κ2) is 6.50. The number of rotatable bonds is 7. The molecule has 3 fully saturated rings. The highest BCUT2D eigenvalue weighted by molar-refractivity contribution is 7.87. The highest BCUT2D eigenvalue weighted by Crippen LogP contribution is 2.25. The lowest BCUT2D eigenvalue weighted by Gasteiger charge is -2.37. The van der Waals surface area contributed by atoms with Crippen LogP contribution in [0.2, 0.25) is 0 Å². The number of nitrogens with one attached hydrogen (secondary N) is 2. The quantitative estimate of drug-likeness (QED) is 0.716. The van der Waals surface area contributed by atoms with E-state index in [1.165, 1.54) is 12.8 Å². The van der Waals surface area contributed by atoms with Crippen LogP contribution in [0, 0.1) is 5.92 Å². The highest BCUT2D eigenvalue weighted by Gasteiger charge is 2.35. The number of ether oxygens (including phenoxy) is 1. The van der Waals surface area contributed by atoms with E-state index in [-0.39, 0.29) is 12.1 Å². The third-order valence-corrected chi connectivity index (χ3v) is 6.61. The molecule has 0 aromatic carbocycles. The summed E-state index contributed by atoms with van der Waals surface area (Å²) in [7, 11) is -1.63. The standard InChI is InChI=1S/C14H27N3O3S/c1-20-14-8-13(9-14)16-21(18,19)17-6-4-11(5-7-17)10-15-12-2-3-12/h11-16H,2-10H2,1H3. The van der Waals surface area contributed by atoms with Gasteiger partial charge in [0.15, 0.2) is 0 Å². The molecule has 0 bridgehead atoms. The lowest BCUT2D eigenvalue weighted by atomic mass is 9.90. The zero-order valence-corrected chi connectivity index (χ0v) is 13.6. The molecule has 0 radical (unpaired) electrons. The van der Waals surface area contributed by atoms with E-state index in [1.807, 2.05) is 0 Å². The first-order valence-corrected chi connectivity index (χ1v) is 9.54. The molecule has 21 heavy (non-hydrogen) atoms. The zero-order chi connectivity index (χ0) is 14.9. The molecule has 0 spiro atoms. The van der Waals surface area contributed by atoms with E-state index in [4.69, 9.17) is 4.74 Å². The Bertz CT molecular complexity index is 438. The van der Waals surface area contributed by atoms with Crippen molar-refractivity contribution in [2.24, 2.45) is 5.92 Å². The molecular formula is C14H27N3O3S. The van der Waals surface area contributed by atoms with E-state index >= 15 is 0 Å². The molecule has 3 aliphatic rings. The van der Waals surface area contributed by atoms with Crippen LogP contribution in [0.4, 0.5) is 0 Å². The topological polar surface area (TPSA) is 70.7 Å². The van der Waals surface area contributed by atoms with Crippen molar-refractivity contribution in [1.82, 2.24) is 14.3 Å². The average Bonchev–Trinajstić information content (AvgIpc) is 3.25. The van der Waals surface area contributed by atoms with Gasteiger partial charge < -0.3 is 10.1 Å². The number of methoxy groups -OCH3 is 1. The van der Waals surface area contributed by atoms with Gasteiger partial charge in [-0.15, -0.1) is 0 Å². The van der Waals surface area contributed by atoms with Crippen LogP contribution in [0.3, 0.4) is 0 Å². The van der Waals surface area contributed by atoms with Crippen LogP contribution >= 0.6 is 0 Å². The van der Waals surface area contributed by atoms with Crippen LogP contribution < -0.4 is 10.0 Å². The van der Waals surface area contributed by atoms with E-state index in [9.17, 15) is 8.42 Å². The predicted molar refractivity (Wildman–Crippen MR) is 81.2 cm³/mol. The van der Waals surface area contributed by atoms with Gasteiger partial charge in [0.1, 0.15) is 0 Å². The van der Waals surface area contributed by atoms with Crippen molar-refractivity contribution in [1.29, 1.82) is 0 Å². The first-order chi connectivity index (χ1) is 10.1. The van der Waals surface area contributed by atoms with Crippen molar-refractivity contribution in [3.8, 4) is 0 Å². The van der Waals surface area contributed by atoms with Gasteiger partial charge in [0.25, 0.3) is 10.2 Å². The van der Waals surface area contributed by atoms with Crippen LogP contribution in [0.25, 0.3) is 0 Å². The van der Waals surface area contributed by atoms with E-state index in [1.54, 1.807) is 11.4 Å². The monoisotopic (exact) mass is 317 g/mol. The maximum atomic E-state index is 12.3. The summed E-state index contributed by atoms with van der Waals surface area (Å²) in [6.45, 7) is 2.34. The van der Waals surface area contributed by atoms with Crippen LogP contribution in [-0.4, -0.2) is 57.7 Å². The van der Waals surface area contributed by atoms with Crippen molar-refractivity contribution in [3.05, 3.63) is 0 Å². The first kappa shape index (κ1) is 15.7. The van der Waals surface area contributed by atoms with E-state index < -0.39 is 10.2 Å². The lowest BCUT2D eigenvalue weighted by molar-refractivity contribution is 0.0231. The molecule has 122 valence electrons. The van der Waals surface area contributed by atoms with Crippen molar-refractivity contribution in [2.75, 3.05) is 26.7 Å². The maximum absolute atomic E-state index is 12.3. The summed E-state index contributed by atoms with van der Waals surface area (Å²) in [6, 6.07) is 0.787. The Morgan fingerprint density at radius 2 is 1.76 bits per heavy atom. The molecule has 7 heteroatoms. The van der Waals surface area contributed by atoms with Crippen molar-refractivity contribution >= 4 is 10.2 Å². The molecule has 0 aromatic rings. The fraction of sp³-hybridized carbons (Fsp3) is 1.00. The number of nitrogens with zero attached hydrogens (tertiary/aromatic N) is 1. The molecule has 2 aliphatic carbocycles. The third kappa shape index (κ3) is 4.16. The highest BCUT2D eigenvalue weighted by atomic mass is 32.2. The van der Waals surface area contributed by atoms with E-state index in [2.05, 4.69) is 10.0 Å². The fourth-order valence-electron chi connectivity index (χ4n) is 3.11. The summed E-state index contributed by atoms with van der Waals surface area (Å²) in [6.07, 6.45) is 6.34. The molecule has 1 heterocycles. The molecule has 1 saturated heterocycles. The molecule has 0 unspecified atom stereocenters. The maximum Gasteiger partial charge on any atom is 0.279 e. The molecule has 0 atom stereocenters. The van der Waals surface area contributed by atoms with Gasteiger partial charge in [0.05, 0.1) is 6.10 Å². The van der Waals surface area contributed by atoms with Gasteiger partial charge in [0.2, 0.25) is 0 Å². The lowest BCUT2D eigenvalue weighted by Crippen LogP contribution is -2.53. The Labute approximate surface area is 127 Å². The van der Waals surface area contributed by atoms with Gasteiger partial charge in [-0.1, -0.05) is 0 Å². The second-order valence-electron chi connectivity index (χ2n) is 6.67. The van der Waals surface area contributed by atoms with Crippen LogP contribution in [0.5, 0.6) is 0 Å². The largest absolute Gasteiger partial charge is 0.381 e. The van der Waals surface area contributed by atoms with Gasteiger partial charge in [0, 0.05) is 32.3 Å². The Kier molecular flexibility index (Phi) is 4.85. The average molecular weight is 317 g/mol. The fourth-order valence-corrected chi connectivity index (χ4v) is 4.57. The second-order valence-corrected chi connectivity index (χ2v) is 8.38. The molecule has 3 rings (SSSR count). The van der Waals surface area contributed by atoms with Crippen molar-refractivity contribution in [3.63, 3.8) is 0 Å². The van der Waals surface area contributed by atoms with Gasteiger partial charge in [-0.05, 0) is 51.0 Å². The van der Waals surface area contributed by atoms with E-state index in [0.717, 1.165) is 38.3 Å². The first-order valence-electron chi connectivity index (χ1n) is 8.10. The number of hydrogen-bond donors (Lipinski definition) is 2. The van der Waals surface area contributed by atoms with Crippen LogP contribution in [-0.2, 0) is 14.9 Å². The summed E-state index contributed by atoms with van der Waals surface area (Å²) in [5.74, 6) is 0.624. The molecule has 0 amide bonds. The minimum atomic E-state index is -3.31. The summed E-state index contributed by atoms with van der Waals surface area (Å²) in [5.41, 5.74) is 0. The van der Waals surface area contributed by atoms with Crippen molar-refractivity contribution in [2.45, 2.75) is 56.7 Å². The van der Waals surface area contributed by atoms with E-state index in [0.29, 0.717) is 19.0 Å². The van der Waals surface area contributed by atoms with Crippen LogP contribution in [0.1, 0.15) is 38.5 Å². The summed E-state index contributed by atoms with van der Waals surface area (Å²) in [5, 5.41) is 3.54. The third-order valence-electron chi connectivity index (χ3n) is 4.93. The molecule has 1 aliphatic heterocycles. The van der Waals surface area contributed by atoms with Gasteiger partial charge in [-0.2, -0.15) is 17.4 Å². The zero-order valence-electron chi connectivity index (χ0n) is 12.8. The Morgan fingerprint density at radius 1 is 1.10 bits per heavy atom. The molecular weight excluding hydrogens is 290 g/mol. The molecule has 6 nitrogen and oxygen atoms in total.